The van der Waals surface area contributed by atoms with E-state index in [0.717, 1.165) is 13.1 Å². The second kappa shape index (κ2) is 5.15. The van der Waals surface area contributed by atoms with E-state index in [0.29, 0.717) is 4.75 Å². The number of fused-ring (bicyclic) bond motifs is 1. The molecule has 92 valence electrons. The number of nitrogens with one attached hydrogen (secondary N) is 2. The fourth-order valence-corrected chi connectivity index (χ4v) is 2.12. The Bertz CT molecular complexity index is 488. The van der Waals surface area contributed by atoms with Crippen LogP contribution in [0.15, 0.2) is 30.5 Å². The van der Waals surface area contributed by atoms with E-state index in [1.165, 1.54) is 16.5 Å². The van der Waals surface area contributed by atoms with Crippen LogP contribution in [0.25, 0.3) is 10.9 Å². The summed E-state index contributed by atoms with van der Waals surface area (Å²) in [6.07, 6.45) is 4.16. The quantitative estimate of drug-likeness (QED) is 0.849. The first-order valence-electron chi connectivity index (χ1n) is 5.93. The number of aromatic nitrogens is 1. The van der Waals surface area contributed by atoms with Gasteiger partial charge in [-0.2, -0.15) is 11.8 Å². The predicted molar refractivity (Wildman–Crippen MR) is 77.6 cm³/mol. The third-order valence-corrected chi connectivity index (χ3v) is 4.35. The molecule has 1 aromatic carbocycles. The van der Waals surface area contributed by atoms with E-state index in [9.17, 15) is 0 Å². The molecule has 0 radical (unpaired) electrons. The normalized spacial score (nSPS) is 12.2. The zero-order valence-electron chi connectivity index (χ0n) is 10.7. The highest BCUT2D eigenvalue weighted by molar-refractivity contribution is 7.99. The van der Waals surface area contributed by atoms with Crippen molar-refractivity contribution in [3.8, 4) is 0 Å². The predicted octanol–water partition coefficient (Wildman–Crippen LogP) is 3.40. The third-order valence-electron chi connectivity index (χ3n) is 3.10. The standard InChI is InChI=1S/C14H20N2S/c1-14(2,17-3)10-15-9-11-5-4-6-13-12(11)7-8-16-13/h4-8,15-16H,9-10H2,1-3H3. The highest BCUT2D eigenvalue weighted by Crippen LogP contribution is 2.21. The number of rotatable bonds is 5. The van der Waals surface area contributed by atoms with Gasteiger partial charge >= 0.3 is 0 Å². The molecular formula is C14H20N2S. The van der Waals surface area contributed by atoms with Crippen molar-refractivity contribution in [2.75, 3.05) is 12.8 Å². The average molecular weight is 248 g/mol. The van der Waals surface area contributed by atoms with Crippen molar-refractivity contribution in [2.24, 2.45) is 0 Å². The van der Waals surface area contributed by atoms with E-state index in [2.05, 4.69) is 54.7 Å². The topological polar surface area (TPSA) is 27.8 Å². The van der Waals surface area contributed by atoms with Gasteiger partial charge in [-0.05, 0) is 37.8 Å². The van der Waals surface area contributed by atoms with Gasteiger partial charge in [-0.15, -0.1) is 0 Å². The third kappa shape index (κ3) is 3.05. The van der Waals surface area contributed by atoms with E-state index in [-0.39, 0.29) is 0 Å². The molecule has 0 aliphatic rings. The van der Waals surface area contributed by atoms with Crippen molar-refractivity contribution in [3.63, 3.8) is 0 Å². The Morgan fingerprint density at radius 1 is 1.29 bits per heavy atom. The van der Waals surface area contributed by atoms with E-state index < -0.39 is 0 Å². The van der Waals surface area contributed by atoms with Crippen molar-refractivity contribution in [1.82, 2.24) is 10.3 Å². The fourth-order valence-electron chi connectivity index (χ4n) is 1.88. The van der Waals surface area contributed by atoms with Gasteiger partial charge in [0.25, 0.3) is 0 Å². The molecule has 17 heavy (non-hydrogen) atoms. The Morgan fingerprint density at radius 3 is 2.88 bits per heavy atom. The highest BCUT2D eigenvalue weighted by Gasteiger charge is 2.14. The number of aromatic amines is 1. The molecule has 0 unspecified atom stereocenters. The van der Waals surface area contributed by atoms with Crippen LogP contribution in [0.1, 0.15) is 19.4 Å². The van der Waals surface area contributed by atoms with E-state index in [1.807, 2.05) is 18.0 Å². The Hall–Kier alpha value is -0.930. The average Bonchev–Trinajstić information content (AvgIpc) is 2.78. The molecule has 2 N–H and O–H groups in total. The Kier molecular flexibility index (Phi) is 3.79. The van der Waals surface area contributed by atoms with Gasteiger partial charge in [-0.3, -0.25) is 0 Å². The maximum atomic E-state index is 3.54. The smallest absolute Gasteiger partial charge is 0.0457 e. The molecule has 0 aliphatic carbocycles. The monoisotopic (exact) mass is 248 g/mol. The summed E-state index contributed by atoms with van der Waals surface area (Å²) in [7, 11) is 0. The summed E-state index contributed by atoms with van der Waals surface area (Å²) in [4.78, 5) is 3.25. The van der Waals surface area contributed by atoms with E-state index >= 15 is 0 Å². The number of hydrogen-bond acceptors (Lipinski definition) is 2. The molecule has 1 heterocycles. The van der Waals surface area contributed by atoms with Crippen LogP contribution in [0.3, 0.4) is 0 Å². The fraction of sp³-hybridized carbons (Fsp3) is 0.429. The van der Waals surface area contributed by atoms with Crippen LogP contribution in [0.5, 0.6) is 0 Å². The molecule has 2 rings (SSSR count). The highest BCUT2D eigenvalue weighted by atomic mass is 32.2. The van der Waals surface area contributed by atoms with Gasteiger partial charge in [0, 0.05) is 34.9 Å². The molecule has 0 bridgehead atoms. The molecule has 0 spiro atoms. The Labute approximate surface area is 107 Å². The van der Waals surface area contributed by atoms with Gasteiger partial charge in [0.1, 0.15) is 0 Å². The lowest BCUT2D eigenvalue weighted by atomic mass is 10.1. The summed E-state index contributed by atoms with van der Waals surface area (Å²) in [5, 5.41) is 4.86. The summed E-state index contributed by atoms with van der Waals surface area (Å²) in [6, 6.07) is 8.56. The maximum Gasteiger partial charge on any atom is 0.0457 e. The van der Waals surface area contributed by atoms with E-state index in [4.69, 9.17) is 0 Å². The largest absolute Gasteiger partial charge is 0.361 e. The SMILES string of the molecule is CSC(C)(C)CNCc1cccc2[nH]ccc12. The van der Waals surface area contributed by atoms with Crippen molar-refractivity contribution in [3.05, 3.63) is 36.0 Å². The molecule has 0 atom stereocenters. The van der Waals surface area contributed by atoms with Gasteiger partial charge < -0.3 is 10.3 Å². The van der Waals surface area contributed by atoms with Crippen LogP contribution in [-0.2, 0) is 6.54 Å². The molecule has 3 heteroatoms. The molecule has 0 amide bonds. The molecule has 2 aromatic rings. The van der Waals surface area contributed by atoms with Gasteiger partial charge in [0.05, 0.1) is 0 Å². The van der Waals surface area contributed by atoms with E-state index in [1.54, 1.807) is 0 Å². The van der Waals surface area contributed by atoms with Crippen LogP contribution in [0.2, 0.25) is 0 Å². The number of thioether (sulfide) groups is 1. The van der Waals surface area contributed by atoms with Crippen molar-refractivity contribution < 1.29 is 0 Å². The van der Waals surface area contributed by atoms with Crippen molar-refractivity contribution >= 4 is 22.7 Å². The van der Waals surface area contributed by atoms with Crippen molar-refractivity contribution in [2.45, 2.75) is 25.1 Å². The van der Waals surface area contributed by atoms with Gasteiger partial charge in [0.15, 0.2) is 0 Å². The van der Waals surface area contributed by atoms with Crippen LogP contribution in [0, 0.1) is 0 Å². The van der Waals surface area contributed by atoms with Gasteiger partial charge in [0.2, 0.25) is 0 Å². The summed E-state index contributed by atoms with van der Waals surface area (Å²) < 4.78 is 0.298. The second-order valence-electron chi connectivity index (χ2n) is 4.92. The lowest BCUT2D eigenvalue weighted by Gasteiger charge is -2.22. The number of H-pyrrole nitrogens is 1. The Morgan fingerprint density at radius 2 is 2.12 bits per heavy atom. The van der Waals surface area contributed by atoms with Crippen LogP contribution in [0.4, 0.5) is 0 Å². The first kappa shape index (κ1) is 12.5. The molecule has 2 nitrogen and oxygen atoms in total. The minimum absolute atomic E-state index is 0.298. The van der Waals surface area contributed by atoms with Crippen molar-refractivity contribution in [1.29, 1.82) is 0 Å². The second-order valence-corrected chi connectivity index (χ2v) is 6.44. The molecule has 0 aliphatic heterocycles. The lowest BCUT2D eigenvalue weighted by molar-refractivity contribution is 0.592. The van der Waals surface area contributed by atoms with Gasteiger partial charge in [-0.1, -0.05) is 12.1 Å². The zero-order valence-corrected chi connectivity index (χ0v) is 11.5. The number of benzene rings is 1. The summed E-state index contributed by atoms with van der Waals surface area (Å²) >= 11 is 1.90. The first-order valence-corrected chi connectivity index (χ1v) is 7.16. The summed E-state index contributed by atoms with van der Waals surface area (Å²) in [6.45, 7) is 6.48. The minimum atomic E-state index is 0.298. The molecule has 0 saturated heterocycles. The lowest BCUT2D eigenvalue weighted by Crippen LogP contribution is -2.31. The van der Waals surface area contributed by atoms with Crippen LogP contribution >= 0.6 is 11.8 Å². The Balaban J connectivity index is 2.02. The molecular weight excluding hydrogens is 228 g/mol. The van der Waals surface area contributed by atoms with Gasteiger partial charge in [-0.25, -0.2) is 0 Å². The van der Waals surface area contributed by atoms with Crippen LogP contribution in [-0.4, -0.2) is 22.5 Å². The molecule has 0 fully saturated rings. The molecule has 0 saturated carbocycles. The summed E-state index contributed by atoms with van der Waals surface area (Å²) in [5.41, 5.74) is 2.58. The summed E-state index contributed by atoms with van der Waals surface area (Å²) in [5.74, 6) is 0. The zero-order chi connectivity index (χ0) is 12.3. The first-order chi connectivity index (χ1) is 8.12. The minimum Gasteiger partial charge on any atom is -0.361 e. The molecule has 1 aromatic heterocycles. The number of hydrogen-bond donors (Lipinski definition) is 2. The maximum absolute atomic E-state index is 3.54. The van der Waals surface area contributed by atoms with Crippen LogP contribution < -0.4 is 5.32 Å².